The van der Waals surface area contributed by atoms with E-state index in [1.165, 1.54) is 22.7 Å². The SMILES string of the molecule is CCNC(=O)NCCN1CCN(c2nc(Cc3ccc(C)cc3)ns2)CC1. The fourth-order valence-electron chi connectivity index (χ4n) is 3.05. The minimum absolute atomic E-state index is 0.0916. The van der Waals surface area contributed by atoms with E-state index in [9.17, 15) is 4.79 Å². The standard InChI is InChI=1S/C19H28N6OS/c1-3-20-18(26)21-8-9-24-10-12-25(13-11-24)19-22-17(23-27-19)14-16-6-4-15(2)5-7-16/h4-7H,3,8-14H2,1-2H3,(H2,20,21,26). The third-order valence-corrected chi connectivity index (χ3v) is 5.45. The van der Waals surface area contributed by atoms with Gasteiger partial charge in [-0.15, -0.1) is 0 Å². The molecule has 27 heavy (non-hydrogen) atoms. The van der Waals surface area contributed by atoms with Gasteiger partial charge in [0.15, 0.2) is 0 Å². The number of aryl methyl sites for hydroxylation is 1. The van der Waals surface area contributed by atoms with Gasteiger partial charge in [0.05, 0.1) is 0 Å². The van der Waals surface area contributed by atoms with E-state index >= 15 is 0 Å². The Hall–Kier alpha value is -2.19. The molecule has 1 aromatic carbocycles. The summed E-state index contributed by atoms with van der Waals surface area (Å²) in [7, 11) is 0. The highest BCUT2D eigenvalue weighted by Crippen LogP contribution is 2.20. The van der Waals surface area contributed by atoms with Crippen LogP contribution in [0, 0.1) is 6.92 Å². The van der Waals surface area contributed by atoms with Crippen LogP contribution in [-0.4, -0.2) is 66.1 Å². The zero-order chi connectivity index (χ0) is 19.1. The van der Waals surface area contributed by atoms with E-state index in [0.717, 1.165) is 50.1 Å². The van der Waals surface area contributed by atoms with Gasteiger partial charge < -0.3 is 15.5 Å². The van der Waals surface area contributed by atoms with E-state index in [2.05, 4.69) is 56.0 Å². The maximum Gasteiger partial charge on any atom is 0.314 e. The number of amides is 2. The lowest BCUT2D eigenvalue weighted by molar-refractivity contribution is 0.232. The quantitative estimate of drug-likeness (QED) is 0.758. The van der Waals surface area contributed by atoms with Crippen molar-refractivity contribution in [3.63, 3.8) is 0 Å². The van der Waals surface area contributed by atoms with Crippen molar-refractivity contribution < 1.29 is 4.79 Å². The Kier molecular flexibility index (Phi) is 7.00. The number of hydrogen-bond donors (Lipinski definition) is 2. The molecule has 0 spiro atoms. The smallest absolute Gasteiger partial charge is 0.314 e. The van der Waals surface area contributed by atoms with Gasteiger partial charge in [-0.1, -0.05) is 29.8 Å². The Bertz CT molecular complexity index is 724. The third-order valence-electron chi connectivity index (χ3n) is 4.63. The van der Waals surface area contributed by atoms with Crippen LogP contribution in [0.1, 0.15) is 23.9 Å². The largest absolute Gasteiger partial charge is 0.344 e. The third kappa shape index (κ3) is 5.90. The first-order valence-electron chi connectivity index (χ1n) is 9.51. The normalized spacial score (nSPS) is 15.0. The van der Waals surface area contributed by atoms with Gasteiger partial charge in [0.1, 0.15) is 5.82 Å². The lowest BCUT2D eigenvalue weighted by Gasteiger charge is -2.34. The Morgan fingerprint density at radius 3 is 2.59 bits per heavy atom. The molecule has 0 bridgehead atoms. The van der Waals surface area contributed by atoms with Crippen LogP contribution in [0.4, 0.5) is 9.93 Å². The molecule has 2 aromatic rings. The molecular formula is C19H28N6OS. The van der Waals surface area contributed by atoms with Crippen molar-refractivity contribution in [3.05, 3.63) is 41.2 Å². The van der Waals surface area contributed by atoms with Crippen LogP contribution in [-0.2, 0) is 6.42 Å². The molecule has 1 fully saturated rings. The van der Waals surface area contributed by atoms with Crippen molar-refractivity contribution in [1.29, 1.82) is 0 Å². The molecule has 2 N–H and O–H groups in total. The number of nitrogens with zero attached hydrogens (tertiary/aromatic N) is 4. The molecule has 0 aliphatic carbocycles. The predicted octanol–water partition coefficient (Wildman–Crippen LogP) is 1.88. The summed E-state index contributed by atoms with van der Waals surface area (Å²) in [5.74, 6) is 0.896. The summed E-state index contributed by atoms with van der Waals surface area (Å²) in [6.07, 6.45) is 0.780. The van der Waals surface area contributed by atoms with Crippen LogP contribution in [0.15, 0.2) is 24.3 Å². The van der Waals surface area contributed by atoms with Crippen molar-refractivity contribution in [2.24, 2.45) is 0 Å². The number of urea groups is 1. The minimum atomic E-state index is -0.0916. The van der Waals surface area contributed by atoms with Gasteiger partial charge in [-0.3, -0.25) is 4.90 Å². The van der Waals surface area contributed by atoms with Crippen molar-refractivity contribution in [2.45, 2.75) is 20.3 Å². The fourth-order valence-corrected chi connectivity index (χ4v) is 3.78. The van der Waals surface area contributed by atoms with Gasteiger partial charge >= 0.3 is 6.03 Å². The van der Waals surface area contributed by atoms with E-state index in [4.69, 9.17) is 4.98 Å². The monoisotopic (exact) mass is 388 g/mol. The fraction of sp³-hybridized carbons (Fsp3) is 0.526. The number of benzene rings is 1. The second-order valence-corrected chi connectivity index (χ2v) is 7.50. The summed E-state index contributed by atoms with van der Waals surface area (Å²) >= 11 is 1.49. The van der Waals surface area contributed by atoms with Gasteiger partial charge in [0.2, 0.25) is 5.13 Å². The van der Waals surface area contributed by atoms with Gasteiger partial charge in [-0.25, -0.2) is 9.78 Å². The number of nitrogens with one attached hydrogen (secondary N) is 2. The maximum atomic E-state index is 11.4. The lowest BCUT2D eigenvalue weighted by Crippen LogP contribution is -2.49. The topological polar surface area (TPSA) is 73.4 Å². The van der Waals surface area contributed by atoms with E-state index in [0.29, 0.717) is 13.1 Å². The van der Waals surface area contributed by atoms with E-state index < -0.39 is 0 Å². The second-order valence-electron chi connectivity index (χ2n) is 6.77. The number of piperazine rings is 1. The molecule has 0 unspecified atom stereocenters. The summed E-state index contributed by atoms with van der Waals surface area (Å²) in [5, 5.41) is 6.63. The lowest BCUT2D eigenvalue weighted by atomic mass is 10.1. The second kappa shape index (κ2) is 9.66. The highest BCUT2D eigenvalue weighted by Gasteiger charge is 2.20. The van der Waals surface area contributed by atoms with E-state index in [1.54, 1.807) is 0 Å². The number of carbonyl (C=O) groups excluding carboxylic acids is 1. The number of hydrogen-bond acceptors (Lipinski definition) is 6. The van der Waals surface area contributed by atoms with Crippen molar-refractivity contribution >= 4 is 22.7 Å². The number of rotatable bonds is 7. The van der Waals surface area contributed by atoms with E-state index in [-0.39, 0.29) is 6.03 Å². The number of aromatic nitrogens is 2. The molecule has 0 radical (unpaired) electrons. The van der Waals surface area contributed by atoms with E-state index in [1.807, 2.05) is 6.92 Å². The molecule has 0 saturated carbocycles. The highest BCUT2D eigenvalue weighted by atomic mass is 32.1. The molecule has 0 atom stereocenters. The first kappa shape index (κ1) is 19.6. The summed E-state index contributed by atoms with van der Waals surface area (Å²) in [5.41, 5.74) is 2.51. The van der Waals surface area contributed by atoms with Gasteiger partial charge in [-0.2, -0.15) is 4.37 Å². The van der Waals surface area contributed by atoms with Gasteiger partial charge in [0.25, 0.3) is 0 Å². The first-order valence-corrected chi connectivity index (χ1v) is 10.3. The van der Waals surface area contributed by atoms with Crippen LogP contribution in [0.5, 0.6) is 0 Å². The average molecular weight is 389 g/mol. The molecule has 146 valence electrons. The Balaban J connectivity index is 1.42. The predicted molar refractivity (Wildman–Crippen MR) is 110 cm³/mol. The Morgan fingerprint density at radius 2 is 1.89 bits per heavy atom. The first-order chi connectivity index (χ1) is 13.1. The van der Waals surface area contributed by atoms with Gasteiger partial charge in [0, 0.05) is 63.8 Å². The summed E-state index contributed by atoms with van der Waals surface area (Å²) in [6, 6.07) is 8.45. The summed E-state index contributed by atoms with van der Waals surface area (Å²) in [4.78, 5) is 20.8. The summed E-state index contributed by atoms with van der Waals surface area (Å²) < 4.78 is 4.54. The molecule has 1 aliphatic rings. The van der Waals surface area contributed by atoms with Crippen LogP contribution in [0.3, 0.4) is 0 Å². The molecule has 1 aliphatic heterocycles. The molecule has 7 nitrogen and oxygen atoms in total. The van der Waals surface area contributed by atoms with Crippen molar-refractivity contribution in [1.82, 2.24) is 24.9 Å². The zero-order valence-electron chi connectivity index (χ0n) is 16.1. The van der Waals surface area contributed by atoms with Crippen LogP contribution >= 0.6 is 11.5 Å². The molecule has 2 amide bonds. The maximum absolute atomic E-state index is 11.4. The molecular weight excluding hydrogens is 360 g/mol. The molecule has 8 heteroatoms. The molecule has 1 aromatic heterocycles. The van der Waals surface area contributed by atoms with Crippen molar-refractivity contribution in [3.8, 4) is 0 Å². The van der Waals surface area contributed by atoms with Crippen LogP contribution < -0.4 is 15.5 Å². The summed E-state index contributed by atoms with van der Waals surface area (Å²) in [6.45, 7) is 10.1. The molecule has 1 saturated heterocycles. The number of anilines is 1. The van der Waals surface area contributed by atoms with Crippen LogP contribution in [0.25, 0.3) is 0 Å². The Labute approximate surface area is 164 Å². The number of carbonyl (C=O) groups is 1. The molecule has 3 rings (SSSR count). The highest BCUT2D eigenvalue weighted by molar-refractivity contribution is 7.09. The van der Waals surface area contributed by atoms with Crippen LogP contribution in [0.2, 0.25) is 0 Å². The Morgan fingerprint density at radius 1 is 1.15 bits per heavy atom. The average Bonchev–Trinajstić information content (AvgIpc) is 3.13. The zero-order valence-corrected chi connectivity index (χ0v) is 16.9. The van der Waals surface area contributed by atoms with Crippen molar-refractivity contribution in [2.75, 3.05) is 50.7 Å². The molecule has 2 heterocycles. The minimum Gasteiger partial charge on any atom is -0.344 e. The van der Waals surface area contributed by atoms with Gasteiger partial charge in [-0.05, 0) is 19.4 Å².